The van der Waals surface area contributed by atoms with Crippen molar-refractivity contribution in [3.63, 3.8) is 0 Å². The first kappa shape index (κ1) is 5.90. The molecule has 6 heavy (non-hydrogen) atoms. The van der Waals surface area contributed by atoms with Crippen molar-refractivity contribution in [2.45, 2.75) is 6.92 Å². The molecule has 0 rings (SSSR count). The monoisotopic (exact) mass is 106 g/mol. The summed E-state index contributed by atoms with van der Waals surface area (Å²) in [5.74, 6) is -0.231. The molecule has 3 heteroatoms. The molecule has 0 aliphatic rings. The Labute approximate surface area is 39.1 Å². The van der Waals surface area contributed by atoms with Crippen LogP contribution in [0.5, 0.6) is 0 Å². The molecule has 0 aliphatic carbocycles. The fourth-order valence-electron chi connectivity index (χ4n) is 0.117. The molecule has 0 bridgehead atoms. The summed E-state index contributed by atoms with van der Waals surface area (Å²) in [6.07, 6.45) is 0.398. The van der Waals surface area contributed by atoms with E-state index >= 15 is 0 Å². The molecule has 0 saturated carbocycles. The third-order valence-electron chi connectivity index (χ3n) is 0.287. The van der Waals surface area contributed by atoms with E-state index in [9.17, 15) is 4.79 Å². The summed E-state index contributed by atoms with van der Waals surface area (Å²) in [5.41, 5.74) is 0. The van der Waals surface area contributed by atoms with Gasteiger partial charge in [0.25, 0.3) is 0 Å². The fraction of sp³-hybridized carbons (Fsp3) is 0.667. The number of hydrogen-bond acceptors (Lipinski definition) is 2. The standard InChI is InChI=1S/C3H7O2P/c1-3(4)5-2-6/h2,6H2,1H3. The van der Waals surface area contributed by atoms with Gasteiger partial charge in [-0.3, -0.25) is 4.79 Å². The van der Waals surface area contributed by atoms with Crippen LogP contribution in [0, 0.1) is 0 Å². The summed E-state index contributed by atoms with van der Waals surface area (Å²) < 4.78 is 4.37. The number of carbonyl (C=O) groups excluding carboxylic acids is 1. The van der Waals surface area contributed by atoms with Crippen molar-refractivity contribution in [1.29, 1.82) is 0 Å². The highest BCUT2D eigenvalue weighted by Crippen LogP contribution is 1.81. The first-order valence-corrected chi connectivity index (χ1v) is 2.42. The predicted octanol–water partition coefficient (Wildman–Crippen LogP) is 0.382. The quantitative estimate of drug-likeness (QED) is 0.357. The third kappa shape index (κ3) is 3.90. The Morgan fingerprint density at radius 2 is 2.50 bits per heavy atom. The van der Waals surface area contributed by atoms with Gasteiger partial charge in [0.15, 0.2) is 0 Å². The molecule has 0 aromatic rings. The lowest BCUT2D eigenvalue weighted by atomic mass is 10.8. The van der Waals surface area contributed by atoms with Gasteiger partial charge in [0, 0.05) is 6.92 Å². The second-order valence-electron chi connectivity index (χ2n) is 0.803. The molecule has 0 aromatic carbocycles. The molecule has 0 heterocycles. The Morgan fingerprint density at radius 1 is 2.00 bits per heavy atom. The van der Waals surface area contributed by atoms with Crippen LogP contribution in [0.1, 0.15) is 6.92 Å². The second kappa shape index (κ2) is 3.10. The molecule has 0 amide bonds. The molecule has 0 fully saturated rings. The predicted molar refractivity (Wildman–Crippen MR) is 26.3 cm³/mol. The number of ether oxygens (including phenoxy) is 1. The van der Waals surface area contributed by atoms with Gasteiger partial charge >= 0.3 is 5.97 Å². The molecule has 0 aromatic heterocycles. The zero-order chi connectivity index (χ0) is 4.99. The Hall–Kier alpha value is -0.100. The van der Waals surface area contributed by atoms with E-state index in [4.69, 9.17) is 0 Å². The normalized spacial score (nSPS) is 7.67. The lowest BCUT2D eigenvalue weighted by Gasteiger charge is -1.89. The van der Waals surface area contributed by atoms with Crippen LogP contribution in [-0.4, -0.2) is 12.3 Å². The molecule has 0 spiro atoms. The molecule has 0 N–H and O–H groups in total. The van der Waals surface area contributed by atoms with Crippen LogP contribution in [0.15, 0.2) is 0 Å². The lowest BCUT2D eigenvalue weighted by Crippen LogP contribution is -1.93. The van der Waals surface area contributed by atoms with E-state index in [0.29, 0.717) is 6.35 Å². The molecule has 0 aliphatic heterocycles. The molecule has 0 radical (unpaired) electrons. The number of esters is 1. The van der Waals surface area contributed by atoms with E-state index in [1.165, 1.54) is 6.92 Å². The Balaban J connectivity index is 2.83. The average Bonchev–Trinajstić information content (AvgIpc) is 1.35. The smallest absolute Gasteiger partial charge is 0.302 e. The minimum atomic E-state index is -0.231. The molecule has 1 unspecified atom stereocenters. The molecular formula is C3H7O2P. The average molecular weight is 106 g/mol. The number of carbonyl (C=O) groups is 1. The number of rotatable bonds is 1. The Morgan fingerprint density at radius 3 is 2.50 bits per heavy atom. The van der Waals surface area contributed by atoms with Crippen LogP contribution >= 0.6 is 9.24 Å². The van der Waals surface area contributed by atoms with Crippen LogP contribution in [-0.2, 0) is 9.53 Å². The van der Waals surface area contributed by atoms with Crippen molar-refractivity contribution < 1.29 is 9.53 Å². The van der Waals surface area contributed by atoms with Gasteiger partial charge in [0.2, 0.25) is 0 Å². The highest BCUT2D eigenvalue weighted by Gasteiger charge is 1.81. The van der Waals surface area contributed by atoms with E-state index in [1.807, 2.05) is 0 Å². The molecule has 2 nitrogen and oxygen atoms in total. The van der Waals surface area contributed by atoms with E-state index in [1.54, 1.807) is 0 Å². The topological polar surface area (TPSA) is 26.3 Å². The van der Waals surface area contributed by atoms with Crippen LogP contribution in [0.4, 0.5) is 0 Å². The first-order chi connectivity index (χ1) is 2.77. The Kier molecular flexibility index (Phi) is 3.05. The molecule has 1 atom stereocenters. The zero-order valence-corrected chi connectivity index (χ0v) is 4.76. The summed E-state index contributed by atoms with van der Waals surface area (Å²) in [6.45, 7) is 1.38. The highest BCUT2D eigenvalue weighted by atomic mass is 31.0. The highest BCUT2D eigenvalue weighted by molar-refractivity contribution is 7.16. The van der Waals surface area contributed by atoms with E-state index in [-0.39, 0.29) is 5.97 Å². The van der Waals surface area contributed by atoms with Gasteiger partial charge in [0.1, 0.15) is 6.35 Å². The van der Waals surface area contributed by atoms with Gasteiger partial charge in [-0.25, -0.2) is 0 Å². The maximum Gasteiger partial charge on any atom is 0.302 e. The van der Waals surface area contributed by atoms with Crippen molar-refractivity contribution in [1.82, 2.24) is 0 Å². The summed E-state index contributed by atoms with van der Waals surface area (Å²) in [4.78, 5) is 9.81. The maximum absolute atomic E-state index is 9.81. The van der Waals surface area contributed by atoms with Gasteiger partial charge in [-0.15, -0.1) is 0 Å². The minimum Gasteiger partial charge on any atom is -0.462 e. The van der Waals surface area contributed by atoms with Crippen LogP contribution in [0.25, 0.3) is 0 Å². The molecular weight excluding hydrogens is 99.0 g/mol. The maximum atomic E-state index is 9.81. The Bertz CT molecular complexity index is 52.8. The van der Waals surface area contributed by atoms with E-state index in [2.05, 4.69) is 14.0 Å². The van der Waals surface area contributed by atoms with Crippen LogP contribution < -0.4 is 0 Å². The second-order valence-corrected chi connectivity index (χ2v) is 1.14. The summed E-state index contributed by atoms with van der Waals surface area (Å²) in [6, 6.07) is 0. The van der Waals surface area contributed by atoms with Crippen molar-refractivity contribution in [2.75, 3.05) is 6.35 Å². The van der Waals surface area contributed by atoms with Crippen molar-refractivity contribution in [3.8, 4) is 0 Å². The largest absolute Gasteiger partial charge is 0.462 e. The van der Waals surface area contributed by atoms with Gasteiger partial charge in [0.05, 0.1) is 0 Å². The zero-order valence-electron chi connectivity index (χ0n) is 3.60. The van der Waals surface area contributed by atoms with Gasteiger partial charge in [-0.05, 0) is 0 Å². The minimum absolute atomic E-state index is 0.231. The van der Waals surface area contributed by atoms with Crippen LogP contribution in [0.2, 0.25) is 0 Å². The van der Waals surface area contributed by atoms with Gasteiger partial charge in [-0.2, -0.15) is 0 Å². The molecule has 36 valence electrons. The SMILES string of the molecule is CC(=O)OCP. The third-order valence-corrected chi connectivity index (χ3v) is 0.453. The first-order valence-electron chi connectivity index (χ1n) is 1.61. The van der Waals surface area contributed by atoms with E-state index < -0.39 is 0 Å². The summed E-state index contributed by atoms with van der Waals surface area (Å²) in [5, 5.41) is 0. The fourth-order valence-corrected chi connectivity index (χ4v) is 0.352. The molecule has 0 saturated heterocycles. The lowest BCUT2D eigenvalue weighted by molar-refractivity contribution is -0.138. The van der Waals surface area contributed by atoms with Crippen molar-refractivity contribution in [2.24, 2.45) is 0 Å². The van der Waals surface area contributed by atoms with Crippen molar-refractivity contribution >= 4 is 15.2 Å². The van der Waals surface area contributed by atoms with Gasteiger partial charge in [-0.1, -0.05) is 9.24 Å². The van der Waals surface area contributed by atoms with E-state index in [0.717, 1.165) is 0 Å². The van der Waals surface area contributed by atoms with Crippen molar-refractivity contribution in [3.05, 3.63) is 0 Å². The summed E-state index contributed by atoms with van der Waals surface area (Å²) >= 11 is 0. The van der Waals surface area contributed by atoms with Crippen LogP contribution in [0.3, 0.4) is 0 Å². The number of hydrogen-bond donors (Lipinski definition) is 0. The van der Waals surface area contributed by atoms with Gasteiger partial charge < -0.3 is 4.74 Å². The summed E-state index contributed by atoms with van der Waals surface area (Å²) in [7, 11) is 2.28.